The van der Waals surface area contributed by atoms with Crippen LogP contribution in [0.4, 0.5) is 17.3 Å². The van der Waals surface area contributed by atoms with Crippen molar-refractivity contribution in [1.82, 2.24) is 24.4 Å². The van der Waals surface area contributed by atoms with E-state index in [0.717, 1.165) is 5.69 Å². The molecule has 0 radical (unpaired) electrons. The molecule has 4 aromatic rings. The van der Waals surface area contributed by atoms with E-state index >= 15 is 0 Å². The number of phenols is 2. The van der Waals surface area contributed by atoms with Gasteiger partial charge >= 0.3 is 5.69 Å². The SMILES string of the molecule is CC(C)(O)C(=O)N1CCN(c2ccc(Nc3ncc4c(=O)n(-c5c(O)cccc5O)c(=O)[nH]c4n3)cc2)CC1. The van der Waals surface area contributed by atoms with E-state index in [2.05, 4.69) is 25.2 Å². The van der Waals surface area contributed by atoms with Crippen LogP contribution in [-0.4, -0.2) is 77.4 Å². The number of aromatic hydroxyl groups is 2. The van der Waals surface area contributed by atoms with Gasteiger partial charge in [-0.2, -0.15) is 4.98 Å². The number of piperazine rings is 1. The number of nitrogens with one attached hydrogen (secondary N) is 2. The molecule has 0 aliphatic carbocycles. The Morgan fingerprint density at radius 1 is 1.00 bits per heavy atom. The number of H-pyrrole nitrogens is 1. The Kier molecular flexibility index (Phi) is 6.44. The van der Waals surface area contributed by atoms with Crippen molar-refractivity contribution in [3.05, 3.63) is 69.5 Å². The maximum absolute atomic E-state index is 13.0. The van der Waals surface area contributed by atoms with Crippen LogP contribution in [0.25, 0.3) is 16.7 Å². The number of aromatic amines is 1. The fourth-order valence-electron chi connectivity index (χ4n) is 4.45. The number of hydrogen-bond donors (Lipinski definition) is 5. The van der Waals surface area contributed by atoms with Crippen LogP contribution in [0.5, 0.6) is 11.5 Å². The summed E-state index contributed by atoms with van der Waals surface area (Å²) in [5, 5.41) is 33.2. The molecule has 39 heavy (non-hydrogen) atoms. The number of carbonyl (C=O) groups is 1. The van der Waals surface area contributed by atoms with Crippen molar-refractivity contribution < 1.29 is 20.1 Å². The molecule has 3 heterocycles. The summed E-state index contributed by atoms with van der Waals surface area (Å²) in [4.78, 5) is 52.7. The lowest BCUT2D eigenvalue weighted by Gasteiger charge is -2.38. The minimum absolute atomic E-state index is 0.0104. The van der Waals surface area contributed by atoms with Crippen molar-refractivity contribution in [3.8, 4) is 17.2 Å². The van der Waals surface area contributed by atoms with Crippen molar-refractivity contribution in [2.75, 3.05) is 36.4 Å². The minimum Gasteiger partial charge on any atom is -0.506 e. The number of carbonyl (C=O) groups excluding carboxylic acids is 1. The second-order valence-electron chi connectivity index (χ2n) is 9.68. The van der Waals surface area contributed by atoms with E-state index in [1.165, 1.54) is 38.2 Å². The number of fused-ring (bicyclic) bond motifs is 1. The fourth-order valence-corrected chi connectivity index (χ4v) is 4.45. The first kappa shape index (κ1) is 25.7. The first-order valence-corrected chi connectivity index (χ1v) is 12.2. The summed E-state index contributed by atoms with van der Waals surface area (Å²) >= 11 is 0. The number of para-hydroxylation sites is 1. The molecule has 0 atom stereocenters. The van der Waals surface area contributed by atoms with Gasteiger partial charge in [-0.25, -0.2) is 14.3 Å². The summed E-state index contributed by atoms with van der Waals surface area (Å²) in [5.41, 5.74) is -1.79. The third-order valence-corrected chi connectivity index (χ3v) is 6.45. The van der Waals surface area contributed by atoms with E-state index in [4.69, 9.17) is 0 Å². The summed E-state index contributed by atoms with van der Waals surface area (Å²) in [6.45, 7) is 5.26. The van der Waals surface area contributed by atoms with E-state index in [1.807, 2.05) is 24.3 Å². The molecule has 0 saturated carbocycles. The number of anilines is 3. The highest BCUT2D eigenvalue weighted by Crippen LogP contribution is 2.28. The Hall–Kier alpha value is -4.91. The van der Waals surface area contributed by atoms with Crippen LogP contribution >= 0.6 is 0 Å². The van der Waals surface area contributed by atoms with Crippen LogP contribution in [0.15, 0.2) is 58.3 Å². The van der Waals surface area contributed by atoms with Crippen LogP contribution in [0.3, 0.4) is 0 Å². The fraction of sp³-hybridized carbons (Fsp3) is 0.269. The van der Waals surface area contributed by atoms with Gasteiger partial charge in [-0.15, -0.1) is 0 Å². The van der Waals surface area contributed by atoms with Crippen LogP contribution in [0.1, 0.15) is 13.8 Å². The van der Waals surface area contributed by atoms with Gasteiger partial charge in [-0.1, -0.05) is 6.07 Å². The highest BCUT2D eigenvalue weighted by molar-refractivity contribution is 5.84. The molecule has 2 aromatic heterocycles. The van der Waals surface area contributed by atoms with Gasteiger partial charge in [0.05, 0.1) is 0 Å². The molecule has 5 N–H and O–H groups in total. The predicted molar refractivity (Wildman–Crippen MR) is 144 cm³/mol. The largest absolute Gasteiger partial charge is 0.506 e. The zero-order valence-electron chi connectivity index (χ0n) is 21.2. The topological polar surface area (TPSA) is 177 Å². The number of phenolic OH excluding ortho intramolecular Hbond substituents is 2. The summed E-state index contributed by atoms with van der Waals surface area (Å²) in [7, 11) is 0. The number of nitrogens with zero attached hydrogens (tertiary/aromatic N) is 5. The lowest BCUT2D eigenvalue weighted by Crippen LogP contribution is -2.54. The molecule has 1 amide bonds. The van der Waals surface area contributed by atoms with Crippen LogP contribution in [-0.2, 0) is 4.79 Å². The number of aliphatic hydroxyl groups is 1. The summed E-state index contributed by atoms with van der Waals surface area (Å²) in [6, 6.07) is 11.4. The van der Waals surface area contributed by atoms with Crippen molar-refractivity contribution in [3.63, 3.8) is 0 Å². The molecule has 1 aliphatic heterocycles. The average Bonchev–Trinajstić information content (AvgIpc) is 2.90. The van der Waals surface area contributed by atoms with Gasteiger partial charge in [0.15, 0.2) is 5.65 Å². The maximum Gasteiger partial charge on any atom is 0.334 e. The first-order valence-electron chi connectivity index (χ1n) is 12.2. The van der Waals surface area contributed by atoms with Crippen LogP contribution in [0, 0.1) is 0 Å². The quantitative estimate of drug-likeness (QED) is 0.249. The number of benzene rings is 2. The van der Waals surface area contributed by atoms with Crippen molar-refractivity contribution in [1.29, 1.82) is 0 Å². The number of aromatic nitrogens is 4. The Balaban J connectivity index is 1.32. The maximum atomic E-state index is 13.0. The predicted octanol–water partition coefficient (Wildman–Crippen LogP) is 1.04. The second kappa shape index (κ2) is 9.76. The van der Waals surface area contributed by atoms with Gasteiger partial charge in [-0.05, 0) is 50.2 Å². The van der Waals surface area contributed by atoms with Crippen LogP contribution in [0.2, 0.25) is 0 Å². The molecule has 0 unspecified atom stereocenters. The van der Waals surface area contributed by atoms with Crippen molar-refractivity contribution in [2.24, 2.45) is 0 Å². The molecule has 1 saturated heterocycles. The highest BCUT2D eigenvalue weighted by Gasteiger charge is 2.31. The smallest absolute Gasteiger partial charge is 0.334 e. The zero-order valence-corrected chi connectivity index (χ0v) is 21.2. The van der Waals surface area contributed by atoms with E-state index in [0.29, 0.717) is 36.4 Å². The Morgan fingerprint density at radius 2 is 1.64 bits per heavy atom. The molecule has 1 aliphatic rings. The summed E-state index contributed by atoms with van der Waals surface area (Å²) < 4.78 is 0.628. The Labute approximate surface area is 221 Å². The molecule has 202 valence electrons. The van der Waals surface area contributed by atoms with Gasteiger partial charge < -0.3 is 30.4 Å². The van der Waals surface area contributed by atoms with E-state index in [-0.39, 0.29) is 28.6 Å². The summed E-state index contributed by atoms with van der Waals surface area (Å²) in [5.74, 6) is -1.01. The molecule has 13 nitrogen and oxygen atoms in total. The zero-order chi connectivity index (χ0) is 27.9. The van der Waals surface area contributed by atoms with Gasteiger partial charge in [0, 0.05) is 43.8 Å². The van der Waals surface area contributed by atoms with Crippen LogP contribution < -0.4 is 21.5 Å². The van der Waals surface area contributed by atoms with Gasteiger partial charge in [-0.3, -0.25) is 14.6 Å². The van der Waals surface area contributed by atoms with E-state index in [9.17, 15) is 29.7 Å². The standard InChI is InChI=1S/C26H27N7O6/c1-26(2,39)23(37)32-12-10-31(11-13-32)16-8-6-15(7-9-16)28-24-27-14-17-21(29-24)30-25(38)33(22(17)36)20-18(34)4-3-5-19(20)35/h3-9,14,34-35,39H,10-13H2,1-2H3,(H2,27,28,29,30,38). The molecule has 0 spiro atoms. The average molecular weight is 534 g/mol. The molecule has 1 fully saturated rings. The lowest BCUT2D eigenvalue weighted by atomic mass is 10.1. The number of rotatable bonds is 5. The molecular weight excluding hydrogens is 506 g/mol. The summed E-state index contributed by atoms with van der Waals surface area (Å²) in [6.07, 6.45) is 1.25. The molecule has 5 rings (SSSR count). The third kappa shape index (κ3) is 4.99. The third-order valence-electron chi connectivity index (χ3n) is 6.45. The lowest BCUT2D eigenvalue weighted by molar-refractivity contribution is -0.148. The van der Waals surface area contributed by atoms with Crippen molar-refractivity contribution in [2.45, 2.75) is 19.4 Å². The number of amides is 1. The van der Waals surface area contributed by atoms with Gasteiger partial charge in [0.2, 0.25) is 5.95 Å². The van der Waals surface area contributed by atoms with E-state index < -0.39 is 28.3 Å². The Bertz CT molecular complexity index is 1650. The van der Waals surface area contributed by atoms with Gasteiger partial charge in [0.25, 0.3) is 11.5 Å². The molecule has 2 aromatic carbocycles. The second-order valence-corrected chi connectivity index (χ2v) is 9.68. The first-order chi connectivity index (χ1) is 18.5. The normalized spacial score (nSPS) is 14.0. The molecule has 0 bridgehead atoms. The molecule has 13 heteroatoms. The van der Waals surface area contributed by atoms with E-state index in [1.54, 1.807) is 4.90 Å². The van der Waals surface area contributed by atoms with Crippen molar-refractivity contribution >= 4 is 34.3 Å². The Morgan fingerprint density at radius 3 is 2.26 bits per heavy atom. The highest BCUT2D eigenvalue weighted by atomic mass is 16.3. The van der Waals surface area contributed by atoms with Gasteiger partial charge in [0.1, 0.15) is 28.2 Å². The monoisotopic (exact) mass is 533 g/mol. The number of hydrogen-bond acceptors (Lipinski definition) is 10. The minimum atomic E-state index is -1.39. The molecular formula is C26H27N7O6.